The van der Waals surface area contributed by atoms with Crippen molar-refractivity contribution in [2.75, 3.05) is 7.11 Å². The standard InChI is InChI=1S/C17H30O7/c1-5-6-7-8-9-10-17-12(19)11(18)16(3,24-17)15(2,21)13(23-17)14(20)22-4/h11-13,18-19,21H,5-10H2,1-4H3/t11-,12-,13?,15?,16?,17?/m1/s1. The fourth-order valence-corrected chi connectivity index (χ4v) is 3.71. The van der Waals surface area contributed by atoms with E-state index in [0.717, 1.165) is 32.1 Å². The fraction of sp³-hybridized carbons (Fsp3) is 0.941. The van der Waals surface area contributed by atoms with Gasteiger partial charge in [-0.2, -0.15) is 0 Å². The Labute approximate surface area is 142 Å². The van der Waals surface area contributed by atoms with E-state index >= 15 is 0 Å². The number of carbonyl (C=O) groups excluding carboxylic acids is 1. The van der Waals surface area contributed by atoms with Crippen molar-refractivity contribution in [2.45, 2.75) is 94.6 Å². The second-order valence-electron chi connectivity index (χ2n) is 7.24. The lowest BCUT2D eigenvalue weighted by Gasteiger charge is -2.50. The molecule has 7 heteroatoms. The lowest BCUT2D eigenvalue weighted by Crippen LogP contribution is -2.69. The molecule has 2 bridgehead atoms. The van der Waals surface area contributed by atoms with Crippen LogP contribution in [0, 0.1) is 0 Å². The topological polar surface area (TPSA) is 105 Å². The molecule has 0 aromatic carbocycles. The minimum atomic E-state index is -1.84. The van der Waals surface area contributed by atoms with Crippen LogP contribution in [0.1, 0.15) is 59.3 Å². The van der Waals surface area contributed by atoms with Crippen LogP contribution in [-0.2, 0) is 19.0 Å². The average Bonchev–Trinajstić information content (AvgIpc) is 2.72. The molecule has 140 valence electrons. The van der Waals surface area contributed by atoms with Gasteiger partial charge in [0, 0.05) is 6.42 Å². The molecule has 2 rings (SSSR count). The molecule has 3 N–H and O–H groups in total. The number of aliphatic hydroxyl groups excluding tert-OH is 2. The van der Waals surface area contributed by atoms with Crippen molar-refractivity contribution < 1.29 is 34.3 Å². The monoisotopic (exact) mass is 346 g/mol. The molecule has 0 spiro atoms. The van der Waals surface area contributed by atoms with Gasteiger partial charge in [0.25, 0.3) is 0 Å². The van der Waals surface area contributed by atoms with E-state index in [4.69, 9.17) is 14.2 Å². The van der Waals surface area contributed by atoms with Crippen LogP contribution in [-0.4, -0.2) is 63.7 Å². The number of rotatable bonds is 7. The molecule has 0 radical (unpaired) electrons. The van der Waals surface area contributed by atoms with Crippen molar-refractivity contribution in [1.82, 2.24) is 0 Å². The second kappa shape index (κ2) is 6.88. The summed E-state index contributed by atoms with van der Waals surface area (Å²) in [5.74, 6) is -2.27. The summed E-state index contributed by atoms with van der Waals surface area (Å²) in [6, 6.07) is 0. The van der Waals surface area contributed by atoms with Gasteiger partial charge in [-0.3, -0.25) is 0 Å². The van der Waals surface area contributed by atoms with Gasteiger partial charge in [-0.25, -0.2) is 4.79 Å². The Kier molecular flexibility index (Phi) is 5.62. The van der Waals surface area contributed by atoms with E-state index in [1.165, 1.54) is 21.0 Å². The molecule has 0 amide bonds. The van der Waals surface area contributed by atoms with E-state index < -0.39 is 41.3 Å². The number of methoxy groups -OCH3 is 1. The number of unbranched alkanes of at least 4 members (excludes halogenated alkanes) is 4. The second-order valence-corrected chi connectivity index (χ2v) is 7.24. The van der Waals surface area contributed by atoms with Crippen molar-refractivity contribution in [2.24, 2.45) is 0 Å². The highest BCUT2D eigenvalue weighted by molar-refractivity contribution is 5.77. The van der Waals surface area contributed by atoms with Gasteiger partial charge in [0.2, 0.25) is 0 Å². The molecule has 4 unspecified atom stereocenters. The average molecular weight is 346 g/mol. The van der Waals surface area contributed by atoms with E-state index in [2.05, 4.69) is 6.92 Å². The minimum absolute atomic E-state index is 0.327. The molecule has 2 aliphatic rings. The van der Waals surface area contributed by atoms with Gasteiger partial charge in [0.15, 0.2) is 11.9 Å². The van der Waals surface area contributed by atoms with E-state index in [1.54, 1.807) is 0 Å². The van der Waals surface area contributed by atoms with Crippen molar-refractivity contribution in [1.29, 1.82) is 0 Å². The first-order chi connectivity index (χ1) is 11.2. The summed E-state index contributed by atoms with van der Waals surface area (Å²) in [5.41, 5.74) is -3.38. The minimum Gasteiger partial charge on any atom is -0.467 e. The van der Waals surface area contributed by atoms with E-state index in [1.807, 2.05) is 0 Å². The first-order valence-corrected chi connectivity index (χ1v) is 8.70. The van der Waals surface area contributed by atoms with E-state index in [-0.39, 0.29) is 0 Å². The third-order valence-corrected chi connectivity index (χ3v) is 5.58. The largest absolute Gasteiger partial charge is 0.467 e. The summed E-state index contributed by atoms with van der Waals surface area (Å²) in [6.45, 7) is 4.96. The van der Waals surface area contributed by atoms with Crippen LogP contribution in [0.2, 0.25) is 0 Å². The predicted molar refractivity (Wildman–Crippen MR) is 85.1 cm³/mol. The molecule has 7 nitrogen and oxygen atoms in total. The van der Waals surface area contributed by atoms with Crippen LogP contribution in [0.5, 0.6) is 0 Å². The number of hydrogen-bond donors (Lipinski definition) is 3. The molecule has 0 aromatic heterocycles. The quantitative estimate of drug-likeness (QED) is 0.464. The Balaban J connectivity index is 2.23. The first-order valence-electron chi connectivity index (χ1n) is 8.70. The van der Waals surface area contributed by atoms with E-state index in [0.29, 0.717) is 6.42 Å². The van der Waals surface area contributed by atoms with Crippen molar-refractivity contribution in [3.63, 3.8) is 0 Å². The number of ether oxygens (including phenoxy) is 3. The predicted octanol–water partition coefficient (Wildman–Crippen LogP) is 0.877. The molecule has 2 aliphatic heterocycles. The normalized spacial score (nSPS) is 44.5. The molecule has 0 aromatic rings. The molecule has 0 saturated carbocycles. The molecular formula is C17H30O7. The summed E-state index contributed by atoms with van der Waals surface area (Å²) in [6.07, 6.45) is 1.20. The van der Waals surface area contributed by atoms with Gasteiger partial charge >= 0.3 is 5.97 Å². The van der Waals surface area contributed by atoms with Gasteiger partial charge in [0.1, 0.15) is 23.4 Å². The number of aliphatic hydroxyl groups is 3. The summed E-state index contributed by atoms with van der Waals surface area (Å²) >= 11 is 0. The maximum Gasteiger partial charge on any atom is 0.338 e. The highest BCUT2D eigenvalue weighted by atomic mass is 16.8. The van der Waals surface area contributed by atoms with Gasteiger partial charge in [0.05, 0.1) is 7.11 Å². The van der Waals surface area contributed by atoms with Crippen molar-refractivity contribution in [3.05, 3.63) is 0 Å². The number of carbonyl (C=O) groups is 1. The Morgan fingerprint density at radius 1 is 1.12 bits per heavy atom. The number of fused-ring (bicyclic) bond motifs is 2. The smallest absolute Gasteiger partial charge is 0.338 e. The van der Waals surface area contributed by atoms with Gasteiger partial charge in [-0.15, -0.1) is 0 Å². The highest BCUT2D eigenvalue weighted by Gasteiger charge is 2.74. The number of hydrogen-bond acceptors (Lipinski definition) is 7. The molecule has 2 heterocycles. The third kappa shape index (κ3) is 2.86. The third-order valence-electron chi connectivity index (χ3n) is 5.58. The lowest BCUT2D eigenvalue weighted by atomic mass is 9.77. The molecule has 6 atom stereocenters. The molecule has 0 aliphatic carbocycles. The zero-order valence-corrected chi connectivity index (χ0v) is 14.9. The molecule has 2 saturated heterocycles. The van der Waals surface area contributed by atoms with Gasteiger partial charge < -0.3 is 29.5 Å². The Morgan fingerprint density at radius 3 is 2.33 bits per heavy atom. The lowest BCUT2D eigenvalue weighted by molar-refractivity contribution is -0.380. The first kappa shape index (κ1) is 19.6. The Hall–Kier alpha value is -0.730. The Bertz CT molecular complexity index is 466. The zero-order valence-electron chi connectivity index (χ0n) is 14.9. The maximum absolute atomic E-state index is 12.1. The highest BCUT2D eigenvalue weighted by Crippen LogP contribution is 2.53. The SMILES string of the molecule is CCCCCCCC12OC(C(=O)OC)C(C)(O)C(C)(O1)[C@H](O)[C@H]2O. The van der Waals surface area contributed by atoms with Gasteiger partial charge in [-0.05, 0) is 20.3 Å². The van der Waals surface area contributed by atoms with Crippen molar-refractivity contribution >= 4 is 5.97 Å². The summed E-state index contributed by atoms with van der Waals surface area (Å²) in [5, 5.41) is 31.8. The molecule has 24 heavy (non-hydrogen) atoms. The number of esters is 1. The maximum atomic E-state index is 12.1. The summed E-state index contributed by atoms with van der Waals surface area (Å²) < 4.78 is 16.3. The van der Waals surface area contributed by atoms with Crippen molar-refractivity contribution in [3.8, 4) is 0 Å². The zero-order chi connectivity index (χ0) is 18.2. The Morgan fingerprint density at radius 2 is 1.75 bits per heavy atom. The van der Waals surface area contributed by atoms with Crippen LogP contribution in [0.4, 0.5) is 0 Å². The molecular weight excluding hydrogens is 316 g/mol. The van der Waals surface area contributed by atoms with Crippen LogP contribution < -0.4 is 0 Å². The summed E-state index contributed by atoms with van der Waals surface area (Å²) in [4.78, 5) is 12.1. The van der Waals surface area contributed by atoms with Crippen LogP contribution in [0.25, 0.3) is 0 Å². The summed E-state index contributed by atoms with van der Waals surface area (Å²) in [7, 11) is 1.20. The van der Waals surface area contributed by atoms with Gasteiger partial charge in [-0.1, -0.05) is 32.6 Å². The molecule has 2 fully saturated rings. The van der Waals surface area contributed by atoms with E-state index in [9.17, 15) is 20.1 Å². The van der Waals surface area contributed by atoms with Crippen LogP contribution >= 0.6 is 0 Å². The van der Waals surface area contributed by atoms with Crippen LogP contribution in [0.15, 0.2) is 0 Å². The fourth-order valence-electron chi connectivity index (χ4n) is 3.71. The van der Waals surface area contributed by atoms with Crippen LogP contribution in [0.3, 0.4) is 0 Å².